The molecule has 0 radical (unpaired) electrons. The zero-order chi connectivity index (χ0) is 27.9. The summed E-state index contributed by atoms with van der Waals surface area (Å²) in [7, 11) is 0. The Morgan fingerprint density at radius 2 is 1.66 bits per heavy atom. The highest BCUT2D eigenvalue weighted by Crippen LogP contribution is 2.15. The second-order valence-corrected chi connectivity index (χ2v) is 8.76. The van der Waals surface area contributed by atoms with Gasteiger partial charge in [0.1, 0.15) is 17.8 Å². The van der Waals surface area contributed by atoms with Crippen LogP contribution in [0.4, 0.5) is 5.69 Å². The molecule has 11 nitrogen and oxygen atoms in total. The Bertz CT molecular complexity index is 1060. The van der Waals surface area contributed by atoms with Crippen LogP contribution < -0.4 is 32.2 Å². The fourth-order valence-corrected chi connectivity index (χ4v) is 3.69. The first-order valence-corrected chi connectivity index (χ1v) is 12.6. The van der Waals surface area contributed by atoms with Gasteiger partial charge >= 0.3 is 5.97 Å². The number of anilines is 1. The van der Waals surface area contributed by atoms with E-state index in [1.165, 1.54) is 6.92 Å². The molecule has 3 atom stereocenters. The number of nitrogens with zero attached hydrogens (tertiary/aromatic N) is 1. The Kier molecular flexibility index (Phi) is 12.6. The van der Waals surface area contributed by atoms with Crippen LogP contribution in [0.3, 0.4) is 0 Å². The standard InChI is InChI=1S/C27H38N6O5/c1-3-38-21-14-11-19(12-15-21)13-16-23(31-18(2)26(36)37)25(35)33-22(10-7-17-30-27(28)29)24(34)32-20-8-5-4-6-9-20/h4-6,8-9,11-12,14-15,18,22-23,31H,3,7,10,13,16-17H2,1-2H3,(H,32,34)(H,33,35)(H,36,37)(H4,28,29,30)/t18-,22+,23+/m1/s1. The molecule has 0 bridgehead atoms. The van der Waals surface area contributed by atoms with E-state index in [1.54, 1.807) is 24.3 Å². The fraction of sp³-hybridized carbons (Fsp3) is 0.407. The predicted octanol–water partition coefficient (Wildman–Crippen LogP) is 1.63. The molecule has 0 saturated carbocycles. The summed E-state index contributed by atoms with van der Waals surface area (Å²) in [6.45, 7) is 4.22. The molecule has 2 rings (SSSR count). The number of hydrogen-bond acceptors (Lipinski definition) is 6. The molecule has 2 aromatic rings. The van der Waals surface area contributed by atoms with Crippen LogP contribution in [0, 0.1) is 0 Å². The number of para-hydroxylation sites is 1. The Morgan fingerprint density at radius 3 is 2.26 bits per heavy atom. The fourth-order valence-electron chi connectivity index (χ4n) is 3.69. The minimum Gasteiger partial charge on any atom is -0.494 e. The van der Waals surface area contributed by atoms with Crippen LogP contribution in [-0.2, 0) is 20.8 Å². The molecular weight excluding hydrogens is 488 g/mol. The van der Waals surface area contributed by atoms with Gasteiger partial charge < -0.3 is 31.9 Å². The Hall–Kier alpha value is -4.12. The maximum absolute atomic E-state index is 13.3. The van der Waals surface area contributed by atoms with Gasteiger partial charge in [0, 0.05) is 12.2 Å². The first kappa shape index (κ1) is 30.1. The van der Waals surface area contributed by atoms with Gasteiger partial charge in [0.15, 0.2) is 5.96 Å². The minimum absolute atomic E-state index is 0.0551. The highest BCUT2D eigenvalue weighted by molar-refractivity contribution is 5.97. The van der Waals surface area contributed by atoms with Crippen LogP contribution in [0.25, 0.3) is 0 Å². The third kappa shape index (κ3) is 10.9. The summed E-state index contributed by atoms with van der Waals surface area (Å²) >= 11 is 0. The van der Waals surface area contributed by atoms with Gasteiger partial charge in [0.05, 0.1) is 12.6 Å². The molecule has 2 aromatic carbocycles. The second kappa shape index (κ2) is 15.9. The van der Waals surface area contributed by atoms with Gasteiger partial charge in [-0.3, -0.25) is 24.7 Å². The number of carboxylic acids is 1. The number of rotatable bonds is 16. The molecule has 0 aliphatic heterocycles. The average molecular weight is 527 g/mol. The van der Waals surface area contributed by atoms with Gasteiger partial charge in [-0.05, 0) is 69.4 Å². The van der Waals surface area contributed by atoms with Gasteiger partial charge in [-0.1, -0.05) is 30.3 Å². The van der Waals surface area contributed by atoms with Crippen LogP contribution >= 0.6 is 0 Å². The van der Waals surface area contributed by atoms with E-state index in [1.807, 2.05) is 37.3 Å². The van der Waals surface area contributed by atoms with Gasteiger partial charge in [-0.2, -0.15) is 0 Å². The summed E-state index contributed by atoms with van der Waals surface area (Å²) in [6.07, 6.45) is 1.55. The number of hydrogen-bond donors (Lipinski definition) is 6. The van der Waals surface area contributed by atoms with Gasteiger partial charge in [-0.15, -0.1) is 0 Å². The predicted molar refractivity (Wildman–Crippen MR) is 147 cm³/mol. The van der Waals surface area contributed by atoms with E-state index in [0.29, 0.717) is 38.1 Å². The number of ether oxygens (including phenoxy) is 1. The molecule has 0 aliphatic rings. The van der Waals surface area contributed by atoms with Gasteiger partial charge in [-0.25, -0.2) is 0 Å². The summed E-state index contributed by atoms with van der Waals surface area (Å²) < 4.78 is 5.46. The van der Waals surface area contributed by atoms with E-state index < -0.39 is 35.9 Å². The first-order valence-electron chi connectivity index (χ1n) is 12.6. The molecule has 11 heteroatoms. The number of amides is 2. The molecule has 0 aromatic heterocycles. The Balaban J connectivity index is 2.14. The van der Waals surface area contributed by atoms with Crippen molar-refractivity contribution < 1.29 is 24.2 Å². The zero-order valence-electron chi connectivity index (χ0n) is 21.9. The zero-order valence-corrected chi connectivity index (χ0v) is 21.9. The molecular formula is C27H38N6O5. The SMILES string of the molecule is CCOc1ccc(CC[C@H](N[C@H](C)C(=O)O)C(=O)N[C@@H](CCCN=C(N)N)C(=O)Nc2ccccc2)cc1. The molecule has 0 saturated heterocycles. The second-order valence-electron chi connectivity index (χ2n) is 8.76. The number of benzene rings is 2. The average Bonchev–Trinajstić information content (AvgIpc) is 2.89. The molecule has 0 heterocycles. The van der Waals surface area contributed by atoms with E-state index >= 15 is 0 Å². The number of carbonyl (C=O) groups excluding carboxylic acids is 2. The van der Waals surface area contributed by atoms with Crippen molar-refractivity contribution in [3.8, 4) is 5.75 Å². The quantitative estimate of drug-likeness (QED) is 0.108. The maximum atomic E-state index is 13.3. The number of aliphatic carboxylic acids is 1. The van der Waals surface area contributed by atoms with Crippen molar-refractivity contribution in [2.45, 2.75) is 57.7 Å². The van der Waals surface area contributed by atoms with Crippen LogP contribution in [0.5, 0.6) is 5.75 Å². The van der Waals surface area contributed by atoms with Gasteiger partial charge in [0.25, 0.3) is 0 Å². The normalized spacial score (nSPS) is 13.0. The van der Waals surface area contributed by atoms with Crippen molar-refractivity contribution in [3.05, 3.63) is 60.2 Å². The highest BCUT2D eigenvalue weighted by atomic mass is 16.5. The lowest BCUT2D eigenvalue weighted by Crippen LogP contribution is -2.54. The number of nitrogens with two attached hydrogens (primary N) is 2. The molecule has 2 amide bonds. The lowest BCUT2D eigenvalue weighted by Gasteiger charge is -2.24. The van der Waals surface area contributed by atoms with Crippen molar-refractivity contribution in [2.75, 3.05) is 18.5 Å². The minimum atomic E-state index is -1.08. The maximum Gasteiger partial charge on any atom is 0.320 e. The van der Waals surface area contributed by atoms with Crippen molar-refractivity contribution in [1.29, 1.82) is 0 Å². The van der Waals surface area contributed by atoms with Crippen molar-refractivity contribution in [1.82, 2.24) is 10.6 Å². The van der Waals surface area contributed by atoms with Crippen LogP contribution in [0.15, 0.2) is 59.6 Å². The summed E-state index contributed by atoms with van der Waals surface area (Å²) in [6, 6.07) is 13.7. The number of aliphatic imine (C=N–C) groups is 1. The van der Waals surface area contributed by atoms with E-state index in [4.69, 9.17) is 16.2 Å². The summed E-state index contributed by atoms with van der Waals surface area (Å²) in [5.41, 5.74) is 12.3. The van der Waals surface area contributed by atoms with Crippen LogP contribution in [0.2, 0.25) is 0 Å². The molecule has 0 fully saturated rings. The third-order valence-electron chi connectivity index (χ3n) is 5.71. The molecule has 38 heavy (non-hydrogen) atoms. The number of nitrogens with one attached hydrogen (secondary N) is 3. The first-order chi connectivity index (χ1) is 18.2. The van der Waals surface area contributed by atoms with E-state index in [-0.39, 0.29) is 12.4 Å². The monoisotopic (exact) mass is 526 g/mol. The Morgan fingerprint density at radius 1 is 0.974 bits per heavy atom. The molecule has 8 N–H and O–H groups in total. The number of aryl methyl sites for hydroxylation is 1. The van der Waals surface area contributed by atoms with Crippen LogP contribution in [0.1, 0.15) is 38.7 Å². The van der Waals surface area contributed by atoms with Crippen molar-refractivity contribution in [3.63, 3.8) is 0 Å². The largest absolute Gasteiger partial charge is 0.494 e. The number of guanidine groups is 1. The number of carboxylic acid groups (broad SMARTS) is 1. The summed E-state index contributed by atoms with van der Waals surface area (Å²) in [5, 5.41) is 17.9. The highest BCUT2D eigenvalue weighted by Gasteiger charge is 2.28. The van der Waals surface area contributed by atoms with Crippen molar-refractivity contribution >= 4 is 29.4 Å². The molecule has 206 valence electrons. The topological polar surface area (TPSA) is 181 Å². The summed E-state index contributed by atoms with van der Waals surface area (Å²) in [4.78, 5) is 41.8. The third-order valence-corrected chi connectivity index (χ3v) is 5.71. The molecule has 0 spiro atoms. The van der Waals surface area contributed by atoms with Gasteiger partial charge in [0.2, 0.25) is 11.8 Å². The molecule has 0 aliphatic carbocycles. The lowest BCUT2D eigenvalue weighted by molar-refractivity contribution is -0.139. The summed E-state index contributed by atoms with van der Waals surface area (Å²) in [5.74, 6) is -1.26. The lowest BCUT2D eigenvalue weighted by atomic mass is 10.0. The smallest absolute Gasteiger partial charge is 0.320 e. The van der Waals surface area contributed by atoms with E-state index in [2.05, 4.69) is 20.9 Å². The van der Waals surface area contributed by atoms with E-state index in [9.17, 15) is 19.5 Å². The van der Waals surface area contributed by atoms with E-state index in [0.717, 1.165) is 11.3 Å². The Labute approximate surface area is 223 Å². The van der Waals surface area contributed by atoms with Crippen molar-refractivity contribution in [2.24, 2.45) is 16.5 Å². The molecule has 0 unspecified atom stereocenters. The van der Waals surface area contributed by atoms with Crippen LogP contribution in [-0.4, -0.2) is 60.1 Å². The number of carbonyl (C=O) groups is 3.